The van der Waals surface area contributed by atoms with E-state index in [9.17, 15) is 14.7 Å². The standard InChI is InChI=1S/C16H29NO5/c1-15(2,3)22-14(21)17-11-8-6-10(7-9-11)16(4,5)12(18)13(19)20/h10-12,18H,6-9H2,1-5H3,(H,17,21)(H,19,20). The van der Waals surface area contributed by atoms with Crippen LogP contribution in [0.15, 0.2) is 0 Å². The molecule has 1 aliphatic rings. The highest BCUT2D eigenvalue weighted by Crippen LogP contribution is 2.40. The van der Waals surface area contributed by atoms with Crippen molar-refractivity contribution in [2.45, 2.75) is 78.0 Å². The summed E-state index contributed by atoms with van der Waals surface area (Å²) < 4.78 is 5.24. The second-order valence-electron chi connectivity index (χ2n) is 7.76. The Kier molecular flexibility index (Phi) is 5.84. The zero-order valence-electron chi connectivity index (χ0n) is 14.2. The molecule has 3 N–H and O–H groups in total. The Bertz CT molecular complexity index is 405. The fraction of sp³-hybridized carbons (Fsp3) is 0.875. The maximum atomic E-state index is 11.8. The summed E-state index contributed by atoms with van der Waals surface area (Å²) in [5.41, 5.74) is -1.20. The van der Waals surface area contributed by atoms with E-state index in [1.54, 1.807) is 13.8 Å². The van der Waals surface area contributed by atoms with Gasteiger partial charge in [-0.2, -0.15) is 0 Å². The van der Waals surface area contributed by atoms with Crippen LogP contribution < -0.4 is 5.32 Å². The predicted molar refractivity (Wildman–Crippen MR) is 82.5 cm³/mol. The molecule has 1 rings (SSSR count). The molecule has 0 radical (unpaired) electrons. The van der Waals surface area contributed by atoms with Gasteiger partial charge in [0.15, 0.2) is 6.10 Å². The van der Waals surface area contributed by atoms with Gasteiger partial charge in [0.1, 0.15) is 5.60 Å². The first kappa shape index (κ1) is 18.7. The lowest BCUT2D eigenvalue weighted by Gasteiger charge is -2.40. The van der Waals surface area contributed by atoms with E-state index in [-0.39, 0.29) is 12.0 Å². The van der Waals surface area contributed by atoms with Gasteiger partial charge in [-0.3, -0.25) is 0 Å². The number of hydrogen-bond acceptors (Lipinski definition) is 4. The number of amides is 1. The summed E-state index contributed by atoms with van der Waals surface area (Å²) in [5.74, 6) is -1.06. The number of carbonyl (C=O) groups excluding carboxylic acids is 1. The Hall–Kier alpha value is -1.30. The minimum Gasteiger partial charge on any atom is -0.479 e. The van der Waals surface area contributed by atoms with Gasteiger partial charge in [0.25, 0.3) is 0 Å². The lowest BCUT2D eigenvalue weighted by molar-refractivity contribution is -0.156. The predicted octanol–water partition coefficient (Wildman–Crippen LogP) is 2.54. The maximum absolute atomic E-state index is 11.8. The largest absolute Gasteiger partial charge is 0.479 e. The fourth-order valence-electron chi connectivity index (χ4n) is 3.00. The molecular weight excluding hydrogens is 286 g/mol. The lowest BCUT2D eigenvalue weighted by atomic mass is 9.67. The average molecular weight is 315 g/mol. The maximum Gasteiger partial charge on any atom is 0.407 e. The van der Waals surface area contributed by atoms with Crippen LogP contribution in [0.3, 0.4) is 0 Å². The van der Waals surface area contributed by atoms with Crippen LogP contribution in [0.5, 0.6) is 0 Å². The molecule has 0 aliphatic heterocycles. The van der Waals surface area contributed by atoms with Crippen molar-refractivity contribution >= 4 is 12.1 Å². The molecule has 0 saturated heterocycles. The Balaban J connectivity index is 2.50. The SMILES string of the molecule is CC(C)(C)OC(=O)NC1CCC(C(C)(C)C(O)C(=O)O)CC1. The molecule has 1 atom stereocenters. The smallest absolute Gasteiger partial charge is 0.407 e. The molecule has 1 amide bonds. The van der Waals surface area contributed by atoms with E-state index in [2.05, 4.69) is 5.32 Å². The number of rotatable bonds is 4. The Labute approximate surface area is 132 Å². The number of aliphatic carboxylic acids is 1. The normalized spacial score (nSPS) is 24.5. The molecule has 6 heteroatoms. The van der Waals surface area contributed by atoms with Gasteiger partial charge in [0, 0.05) is 11.5 Å². The first-order valence-corrected chi connectivity index (χ1v) is 7.84. The van der Waals surface area contributed by atoms with E-state index < -0.39 is 29.2 Å². The van der Waals surface area contributed by atoms with Crippen LogP contribution in [0.1, 0.15) is 60.3 Å². The summed E-state index contributed by atoms with van der Waals surface area (Å²) >= 11 is 0. The Morgan fingerprint density at radius 3 is 2.00 bits per heavy atom. The van der Waals surface area contributed by atoms with Crippen LogP contribution in [0.2, 0.25) is 0 Å². The van der Waals surface area contributed by atoms with E-state index in [1.165, 1.54) is 0 Å². The van der Waals surface area contributed by atoms with Crippen molar-refractivity contribution in [3.8, 4) is 0 Å². The van der Waals surface area contributed by atoms with Gasteiger partial charge in [0.05, 0.1) is 0 Å². The van der Waals surface area contributed by atoms with E-state index >= 15 is 0 Å². The van der Waals surface area contributed by atoms with Crippen LogP contribution in [0, 0.1) is 11.3 Å². The first-order valence-electron chi connectivity index (χ1n) is 7.84. The molecule has 6 nitrogen and oxygen atoms in total. The van der Waals surface area contributed by atoms with Gasteiger partial charge < -0.3 is 20.3 Å². The first-order chi connectivity index (χ1) is 9.93. The number of ether oxygens (including phenoxy) is 1. The summed E-state index contributed by atoms with van der Waals surface area (Å²) in [6.07, 6.45) is 1.29. The number of nitrogens with one attached hydrogen (secondary N) is 1. The van der Waals surface area contributed by atoms with Crippen molar-refractivity contribution in [2.75, 3.05) is 0 Å². The number of aliphatic hydroxyl groups is 1. The van der Waals surface area contributed by atoms with Crippen LogP contribution in [-0.4, -0.2) is 40.0 Å². The summed E-state index contributed by atoms with van der Waals surface area (Å²) in [6, 6.07) is 0.0453. The number of aliphatic hydroxyl groups excluding tert-OH is 1. The van der Waals surface area contributed by atoms with Crippen LogP contribution >= 0.6 is 0 Å². The molecule has 1 unspecified atom stereocenters. The lowest BCUT2D eigenvalue weighted by Crippen LogP contribution is -2.46. The molecule has 0 aromatic heterocycles. The van der Waals surface area contributed by atoms with Gasteiger partial charge in [0.2, 0.25) is 0 Å². The van der Waals surface area contributed by atoms with E-state index in [4.69, 9.17) is 9.84 Å². The number of carboxylic acid groups (broad SMARTS) is 1. The molecule has 0 bridgehead atoms. The molecule has 0 aromatic carbocycles. The third-order valence-corrected chi connectivity index (χ3v) is 4.44. The van der Waals surface area contributed by atoms with Crippen LogP contribution in [0.25, 0.3) is 0 Å². The average Bonchev–Trinajstić information content (AvgIpc) is 2.35. The highest BCUT2D eigenvalue weighted by atomic mass is 16.6. The second-order valence-corrected chi connectivity index (χ2v) is 7.76. The molecule has 128 valence electrons. The Morgan fingerprint density at radius 1 is 1.09 bits per heavy atom. The molecular formula is C16H29NO5. The van der Waals surface area contributed by atoms with Gasteiger partial charge in [-0.1, -0.05) is 13.8 Å². The van der Waals surface area contributed by atoms with Crippen molar-refractivity contribution in [1.82, 2.24) is 5.32 Å². The molecule has 0 spiro atoms. The van der Waals surface area contributed by atoms with Gasteiger partial charge in [-0.15, -0.1) is 0 Å². The topological polar surface area (TPSA) is 95.9 Å². The van der Waals surface area contributed by atoms with Gasteiger partial charge in [-0.25, -0.2) is 9.59 Å². The van der Waals surface area contributed by atoms with Crippen molar-refractivity contribution in [3.63, 3.8) is 0 Å². The molecule has 0 aromatic rings. The quantitative estimate of drug-likeness (QED) is 0.741. The number of carbonyl (C=O) groups is 2. The third-order valence-electron chi connectivity index (χ3n) is 4.44. The van der Waals surface area contributed by atoms with Gasteiger partial charge in [-0.05, 0) is 52.4 Å². The Morgan fingerprint density at radius 2 is 1.59 bits per heavy atom. The van der Waals surface area contributed by atoms with Crippen molar-refractivity contribution in [1.29, 1.82) is 0 Å². The molecule has 22 heavy (non-hydrogen) atoms. The molecule has 1 fully saturated rings. The van der Waals surface area contributed by atoms with Gasteiger partial charge >= 0.3 is 12.1 Å². The zero-order valence-corrected chi connectivity index (χ0v) is 14.2. The zero-order chi connectivity index (χ0) is 17.1. The molecule has 0 heterocycles. The second kappa shape index (κ2) is 6.86. The van der Waals surface area contributed by atoms with Crippen molar-refractivity contribution in [3.05, 3.63) is 0 Å². The molecule has 1 aliphatic carbocycles. The minimum absolute atomic E-state index is 0.0453. The highest BCUT2D eigenvalue weighted by Gasteiger charge is 2.42. The van der Waals surface area contributed by atoms with Crippen LogP contribution in [0.4, 0.5) is 4.79 Å². The van der Waals surface area contributed by atoms with Crippen LogP contribution in [-0.2, 0) is 9.53 Å². The number of carboxylic acids is 1. The summed E-state index contributed by atoms with van der Waals surface area (Å²) in [4.78, 5) is 22.8. The van der Waals surface area contributed by atoms with Crippen molar-refractivity contribution in [2.24, 2.45) is 11.3 Å². The monoisotopic (exact) mass is 315 g/mol. The number of hydrogen-bond donors (Lipinski definition) is 3. The molecule has 1 saturated carbocycles. The van der Waals surface area contributed by atoms with Crippen molar-refractivity contribution < 1.29 is 24.5 Å². The van der Waals surface area contributed by atoms with E-state index in [0.29, 0.717) is 0 Å². The highest BCUT2D eigenvalue weighted by molar-refractivity contribution is 5.73. The fourth-order valence-corrected chi connectivity index (χ4v) is 3.00. The number of alkyl carbamates (subject to hydrolysis) is 1. The minimum atomic E-state index is -1.37. The summed E-state index contributed by atoms with van der Waals surface area (Å²) in [7, 11) is 0. The third kappa shape index (κ3) is 5.16. The van der Waals surface area contributed by atoms with E-state index in [0.717, 1.165) is 25.7 Å². The summed E-state index contributed by atoms with van der Waals surface area (Å²) in [5, 5.41) is 21.7. The summed E-state index contributed by atoms with van der Waals surface area (Å²) in [6.45, 7) is 9.04. The van der Waals surface area contributed by atoms with E-state index in [1.807, 2.05) is 20.8 Å².